The molecule has 6 heteroatoms. The van der Waals surface area contributed by atoms with Gasteiger partial charge in [-0.1, -0.05) is 11.6 Å². The first-order chi connectivity index (χ1) is 9.25. The molecule has 2 rings (SSSR count). The monoisotopic (exact) mass is 313 g/mol. The zero-order valence-corrected chi connectivity index (χ0v) is 12.8. The van der Waals surface area contributed by atoms with Crippen LogP contribution in [0.1, 0.15) is 12.6 Å². The summed E-state index contributed by atoms with van der Waals surface area (Å²) in [6, 6.07) is 13.3. The Bertz CT molecular complexity index is 516. The summed E-state index contributed by atoms with van der Waals surface area (Å²) in [5, 5.41) is 12.0. The van der Waals surface area contributed by atoms with Gasteiger partial charge in [-0.15, -0.1) is 0 Å². The number of nitrogens with one attached hydrogen (secondary N) is 2. The third-order valence-corrected chi connectivity index (χ3v) is 2.55. The highest BCUT2D eigenvalue weighted by atomic mass is 35.5. The molecule has 0 fully saturated rings. The molecule has 0 saturated heterocycles. The fourth-order valence-electron chi connectivity index (χ4n) is 1.35. The number of pyridine rings is 1. The van der Waals surface area contributed by atoms with E-state index in [1.165, 1.54) is 0 Å². The van der Waals surface area contributed by atoms with Crippen LogP contribution in [0.4, 0.5) is 5.69 Å². The Morgan fingerprint density at radius 2 is 1.80 bits per heavy atom. The van der Waals surface area contributed by atoms with Gasteiger partial charge in [-0.2, -0.15) is 5.10 Å². The molecular weight excluding hydrogens is 297 g/mol. The summed E-state index contributed by atoms with van der Waals surface area (Å²) >= 11 is 5.80. The number of rotatable bonds is 3. The summed E-state index contributed by atoms with van der Waals surface area (Å²) in [5.74, 6) is 0. The number of aliphatic hydroxyl groups is 1. The minimum atomic E-state index is 0. The second-order valence-corrected chi connectivity index (χ2v) is 4.03. The van der Waals surface area contributed by atoms with Gasteiger partial charge in [0.05, 0.1) is 5.69 Å². The molecule has 0 aliphatic rings. The van der Waals surface area contributed by atoms with Crippen molar-refractivity contribution < 1.29 is 22.5 Å². The number of hydrogen-bond donors (Lipinski definition) is 2. The molecule has 1 aromatic carbocycles. The average molecular weight is 314 g/mol. The Hall–Kier alpha value is -1.62. The van der Waals surface area contributed by atoms with Gasteiger partial charge in [-0.25, -0.2) is 4.98 Å². The van der Waals surface area contributed by atoms with Crippen LogP contribution < -0.4 is 22.8 Å². The zero-order valence-electron chi connectivity index (χ0n) is 11.3. The first kappa shape index (κ1) is 18.4. The van der Waals surface area contributed by atoms with E-state index in [-0.39, 0.29) is 12.4 Å². The number of aromatic amines is 1. The van der Waals surface area contributed by atoms with Crippen LogP contribution in [0.5, 0.6) is 0 Å². The van der Waals surface area contributed by atoms with Gasteiger partial charge in [0, 0.05) is 24.3 Å². The lowest BCUT2D eigenvalue weighted by Gasteiger charge is -2.00. The molecule has 20 heavy (non-hydrogen) atoms. The lowest BCUT2D eigenvalue weighted by atomic mass is 10.3. The number of nitrogens with zero attached hydrogens (tertiary/aromatic N) is 1. The molecule has 0 amide bonds. The van der Waals surface area contributed by atoms with Gasteiger partial charge >= 0.3 is 0 Å². The molecule has 0 unspecified atom stereocenters. The van der Waals surface area contributed by atoms with Crippen molar-refractivity contribution in [3.05, 3.63) is 59.4 Å². The summed E-state index contributed by atoms with van der Waals surface area (Å²) < 4.78 is 0. The van der Waals surface area contributed by atoms with Gasteiger partial charge in [0.1, 0.15) is 5.71 Å². The number of hydrazone groups is 1. The van der Waals surface area contributed by atoms with Crippen LogP contribution in [-0.2, 0) is 0 Å². The Labute approximate surface area is 129 Å². The van der Waals surface area contributed by atoms with Crippen molar-refractivity contribution in [1.82, 2.24) is 0 Å². The largest absolute Gasteiger partial charge is 1.00 e. The van der Waals surface area contributed by atoms with Gasteiger partial charge in [-0.05, 0) is 37.3 Å². The van der Waals surface area contributed by atoms with Crippen molar-refractivity contribution in [1.29, 1.82) is 0 Å². The Morgan fingerprint density at radius 3 is 2.35 bits per heavy atom. The van der Waals surface area contributed by atoms with E-state index in [2.05, 4.69) is 15.5 Å². The van der Waals surface area contributed by atoms with Crippen LogP contribution in [0.15, 0.2) is 53.8 Å². The topological polar surface area (TPSA) is 58.8 Å². The van der Waals surface area contributed by atoms with E-state index in [1.807, 2.05) is 55.6 Å². The minimum Gasteiger partial charge on any atom is -1.00 e. The van der Waals surface area contributed by atoms with Gasteiger partial charge in [0.2, 0.25) is 5.69 Å². The number of halogens is 2. The van der Waals surface area contributed by atoms with E-state index in [9.17, 15) is 0 Å². The van der Waals surface area contributed by atoms with Crippen LogP contribution in [0.2, 0.25) is 5.02 Å². The summed E-state index contributed by atoms with van der Waals surface area (Å²) in [6.45, 7) is 1.94. The molecule has 0 aliphatic heterocycles. The van der Waals surface area contributed by atoms with Gasteiger partial charge in [0.15, 0.2) is 6.20 Å². The maximum atomic E-state index is 7.00. The third kappa shape index (κ3) is 6.02. The second-order valence-electron chi connectivity index (χ2n) is 3.59. The van der Waals surface area contributed by atoms with Crippen LogP contribution in [-0.4, -0.2) is 17.9 Å². The third-order valence-electron chi connectivity index (χ3n) is 2.30. The fraction of sp³-hybridized carbons (Fsp3) is 0.143. The molecule has 3 N–H and O–H groups in total. The number of aliphatic hydroxyl groups excluding tert-OH is 1. The normalized spacial score (nSPS) is 9.90. The number of hydrogen-bond acceptors (Lipinski definition) is 3. The van der Waals surface area contributed by atoms with Crippen molar-refractivity contribution >= 4 is 23.0 Å². The summed E-state index contributed by atoms with van der Waals surface area (Å²) in [7, 11) is 1.00. The quantitative estimate of drug-likeness (QED) is 0.598. The van der Waals surface area contributed by atoms with Crippen molar-refractivity contribution in [2.45, 2.75) is 6.92 Å². The van der Waals surface area contributed by atoms with E-state index in [1.54, 1.807) is 0 Å². The van der Waals surface area contributed by atoms with E-state index in [0.717, 1.165) is 24.2 Å². The van der Waals surface area contributed by atoms with Gasteiger partial charge < -0.3 is 17.5 Å². The SMILES string of the molecule is C/C(=N\Nc1ccc(Cl)cc1)c1cccc[nH+]1.CO.[Cl-]. The maximum Gasteiger partial charge on any atom is 0.226 e. The highest BCUT2D eigenvalue weighted by Crippen LogP contribution is 2.13. The highest BCUT2D eigenvalue weighted by Gasteiger charge is 2.02. The average Bonchev–Trinajstić information content (AvgIpc) is 2.49. The molecule has 2 aromatic rings. The molecule has 0 atom stereocenters. The number of H-pyrrole nitrogens is 1. The lowest BCUT2D eigenvalue weighted by molar-refractivity contribution is -0.380. The molecule has 1 aromatic heterocycles. The summed E-state index contributed by atoms with van der Waals surface area (Å²) in [6.07, 6.45) is 1.87. The van der Waals surface area contributed by atoms with E-state index < -0.39 is 0 Å². The summed E-state index contributed by atoms with van der Waals surface area (Å²) in [4.78, 5) is 3.12. The van der Waals surface area contributed by atoms with E-state index >= 15 is 0 Å². The molecule has 4 nitrogen and oxygen atoms in total. The first-order valence-electron chi connectivity index (χ1n) is 5.73. The second kappa shape index (κ2) is 10.2. The number of aromatic nitrogens is 1. The van der Waals surface area contributed by atoms with Gasteiger partial charge in [-0.3, -0.25) is 5.43 Å². The Kier molecular flexibility index (Phi) is 9.38. The van der Waals surface area contributed by atoms with Crippen molar-refractivity contribution in [3.8, 4) is 0 Å². The first-order valence-corrected chi connectivity index (χ1v) is 6.11. The van der Waals surface area contributed by atoms with E-state index in [4.69, 9.17) is 16.7 Å². The summed E-state index contributed by atoms with van der Waals surface area (Å²) in [5.41, 5.74) is 5.76. The molecule has 0 aliphatic carbocycles. The van der Waals surface area contributed by atoms with Crippen molar-refractivity contribution in [2.75, 3.05) is 12.5 Å². The number of anilines is 1. The van der Waals surface area contributed by atoms with Crippen molar-refractivity contribution in [2.24, 2.45) is 5.10 Å². The van der Waals surface area contributed by atoms with Crippen molar-refractivity contribution in [3.63, 3.8) is 0 Å². The zero-order chi connectivity index (χ0) is 14.1. The highest BCUT2D eigenvalue weighted by molar-refractivity contribution is 6.30. The van der Waals surface area contributed by atoms with Crippen LogP contribution >= 0.6 is 11.6 Å². The predicted octanol–water partition coefficient (Wildman–Crippen LogP) is -0.397. The van der Waals surface area contributed by atoms with Crippen LogP contribution in [0.3, 0.4) is 0 Å². The Balaban J connectivity index is 0.00000115. The predicted molar refractivity (Wildman–Crippen MR) is 78.4 cm³/mol. The van der Waals surface area contributed by atoms with E-state index in [0.29, 0.717) is 5.02 Å². The molecule has 0 spiro atoms. The maximum absolute atomic E-state index is 7.00. The molecule has 1 heterocycles. The van der Waals surface area contributed by atoms with Gasteiger partial charge in [0.25, 0.3) is 0 Å². The Morgan fingerprint density at radius 1 is 1.15 bits per heavy atom. The smallest absolute Gasteiger partial charge is 0.226 e. The lowest BCUT2D eigenvalue weighted by Crippen LogP contribution is -3.00. The van der Waals surface area contributed by atoms with Crippen LogP contribution in [0, 0.1) is 0 Å². The molecule has 0 bridgehead atoms. The minimum absolute atomic E-state index is 0. The van der Waals surface area contributed by atoms with Crippen LogP contribution in [0.25, 0.3) is 0 Å². The molecular formula is C14H17Cl2N3O. The standard InChI is InChI=1S/C13H12ClN3.CH4O.ClH/c1-10(13-4-2-3-9-15-13)16-17-12-7-5-11(14)6-8-12;1-2;/h2-9,17H,1H3;2H,1H3;1H/b16-10+;;. The molecule has 108 valence electrons. The molecule has 0 radical (unpaired) electrons. The fourth-order valence-corrected chi connectivity index (χ4v) is 1.48. The molecule has 0 saturated carbocycles. The number of benzene rings is 1.